The van der Waals surface area contributed by atoms with Gasteiger partial charge in [-0.2, -0.15) is 0 Å². The summed E-state index contributed by atoms with van der Waals surface area (Å²) < 4.78 is 11.2. The van der Waals surface area contributed by atoms with Crippen LogP contribution in [0.5, 0.6) is 5.75 Å². The Hall–Kier alpha value is -1.79. The predicted molar refractivity (Wildman–Crippen MR) is 101 cm³/mol. The van der Waals surface area contributed by atoms with Gasteiger partial charge in [0.15, 0.2) is 6.61 Å². The Morgan fingerprint density at radius 3 is 2.07 bits per heavy atom. The number of amides is 2. The van der Waals surface area contributed by atoms with E-state index in [1.54, 1.807) is 24.3 Å². The number of hydrogen-bond acceptors (Lipinski definition) is 4. The summed E-state index contributed by atoms with van der Waals surface area (Å²) in [6.07, 6.45) is 5.55. The topological polar surface area (TPSA) is 76.7 Å². The number of ether oxygens (including phenoxy) is 2. The van der Waals surface area contributed by atoms with Gasteiger partial charge in [0.2, 0.25) is 5.91 Å². The molecule has 4 saturated carbocycles. The Labute approximate surface area is 163 Å². The highest BCUT2D eigenvalue weighted by Gasteiger charge is 2.69. The third-order valence-electron chi connectivity index (χ3n) is 5.99. The maximum Gasteiger partial charge on any atom is 0.258 e. The van der Waals surface area contributed by atoms with Crippen LogP contribution in [0.4, 0.5) is 0 Å². The highest BCUT2D eigenvalue weighted by molar-refractivity contribution is 6.30. The van der Waals surface area contributed by atoms with Crippen molar-refractivity contribution in [2.75, 3.05) is 13.2 Å². The molecule has 6 nitrogen and oxygen atoms in total. The lowest BCUT2D eigenvalue weighted by atomic mass is 9.44. The van der Waals surface area contributed by atoms with Gasteiger partial charge in [-0.15, -0.1) is 0 Å². The zero-order chi connectivity index (χ0) is 19.1. The summed E-state index contributed by atoms with van der Waals surface area (Å²) in [5, 5.41) is 6.75. The van der Waals surface area contributed by atoms with Crippen molar-refractivity contribution in [3.63, 3.8) is 0 Å². The van der Waals surface area contributed by atoms with Gasteiger partial charge in [0.25, 0.3) is 5.91 Å². The van der Waals surface area contributed by atoms with Crippen LogP contribution < -0.4 is 15.4 Å². The number of carbonyl (C=O) groups is 2. The van der Waals surface area contributed by atoms with Crippen molar-refractivity contribution in [1.29, 1.82) is 0 Å². The van der Waals surface area contributed by atoms with E-state index >= 15 is 0 Å². The monoisotopic (exact) mass is 392 g/mol. The van der Waals surface area contributed by atoms with Crippen molar-refractivity contribution in [2.45, 2.75) is 62.1 Å². The first-order chi connectivity index (χ1) is 12.8. The minimum absolute atomic E-state index is 0.0326. The molecule has 0 aliphatic heterocycles. The van der Waals surface area contributed by atoms with Gasteiger partial charge < -0.3 is 20.1 Å². The first-order valence-corrected chi connectivity index (χ1v) is 9.82. The molecule has 1 aromatic carbocycles. The summed E-state index contributed by atoms with van der Waals surface area (Å²) >= 11 is 5.82. The smallest absolute Gasteiger partial charge is 0.258 e. The number of nitrogens with one attached hydrogen (secondary N) is 2. The number of halogens is 1. The van der Waals surface area contributed by atoms with E-state index in [1.165, 1.54) is 6.42 Å². The third kappa shape index (κ3) is 3.92. The molecule has 2 N–H and O–H groups in total. The van der Waals surface area contributed by atoms with Crippen LogP contribution in [-0.2, 0) is 14.3 Å². The molecule has 2 amide bonds. The first kappa shape index (κ1) is 18.6. The molecule has 1 aromatic rings. The molecular formula is C20H25ClN2O4. The summed E-state index contributed by atoms with van der Waals surface area (Å²) in [6.45, 7) is 2.14. The van der Waals surface area contributed by atoms with Crippen LogP contribution in [0.1, 0.15) is 45.4 Å². The largest absolute Gasteiger partial charge is 0.484 e. The van der Waals surface area contributed by atoms with Gasteiger partial charge in [0, 0.05) is 16.1 Å². The third-order valence-corrected chi connectivity index (χ3v) is 6.24. The molecule has 0 aromatic heterocycles. The van der Waals surface area contributed by atoms with Crippen molar-refractivity contribution >= 4 is 23.4 Å². The number of rotatable bonds is 8. The van der Waals surface area contributed by atoms with E-state index in [1.807, 2.05) is 0 Å². The van der Waals surface area contributed by atoms with Crippen molar-refractivity contribution in [3.8, 4) is 5.75 Å². The molecule has 0 spiro atoms. The highest BCUT2D eigenvalue weighted by atomic mass is 35.5. The average molecular weight is 393 g/mol. The molecule has 0 heterocycles. The lowest BCUT2D eigenvalue weighted by Gasteiger charge is -2.70. The van der Waals surface area contributed by atoms with E-state index < -0.39 is 0 Å². The molecule has 7 heteroatoms. The minimum Gasteiger partial charge on any atom is -0.484 e. The molecule has 146 valence electrons. The summed E-state index contributed by atoms with van der Waals surface area (Å²) in [4.78, 5) is 24.2. The van der Waals surface area contributed by atoms with Gasteiger partial charge in [-0.05, 0) is 69.7 Å². The van der Waals surface area contributed by atoms with E-state index in [9.17, 15) is 9.59 Å². The van der Waals surface area contributed by atoms with Gasteiger partial charge >= 0.3 is 0 Å². The second-order valence-electron chi connectivity index (χ2n) is 8.52. The fourth-order valence-corrected chi connectivity index (χ4v) is 4.58. The van der Waals surface area contributed by atoms with Gasteiger partial charge in [-0.25, -0.2) is 0 Å². The molecule has 27 heavy (non-hydrogen) atoms. The Morgan fingerprint density at radius 2 is 1.56 bits per heavy atom. The van der Waals surface area contributed by atoms with E-state index in [2.05, 4.69) is 17.6 Å². The van der Waals surface area contributed by atoms with Crippen LogP contribution in [-0.4, -0.2) is 41.7 Å². The summed E-state index contributed by atoms with van der Waals surface area (Å²) in [6, 6.07) is 6.90. The zero-order valence-electron chi connectivity index (χ0n) is 15.5. The van der Waals surface area contributed by atoms with Crippen LogP contribution >= 0.6 is 11.6 Å². The average Bonchev–Trinajstić information content (AvgIpc) is 2.55. The number of carbonyl (C=O) groups excluding carboxylic acids is 2. The number of benzene rings is 1. The SMILES string of the molecule is CC1(OCC(=O)NC23CC(NC(=O)COc4ccc(Cl)cc4)(C2)C3)CCC1. The normalized spacial score (nSPS) is 29.6. The summed E-state index contributed by atoms with van der Waals surface area (Å²) in [7, 11) is 0. The molecule has 4 fully saturated rings. The Bertz CT molecular complexity index is 725. The van der Waals surface area contributed by atoms with Crippen LogP contribution in [0.15, 0.2) is 24.3 Å². The standard InChI is InChI=1S/C20H25ClN2O4/c1-18(7-2-8-18)27-10-17(25)23-20-11-19(12-20,13-20)22-16(24)9-26-15-5-3-14(21)4-6-15/h3-6H,2,7-13H2,1H3,(H,22,24)(H,23,25). The Morgan fingerprint density at radius 1 is 1.00 bits per heavy atom. The second kappa shape index (κ2) is 6.67. The Kier molecular flexibility index (Phi) is 4.59. The second-order valence-corrected chi connectivity index (χ2v) is 8.96. The fraction of sp³-hybridized carbons (Fsp3) is 0.600. The molecule has 0 atom stereocenters. The highest BCUT2D eigenvalue weighted by Crippen LogP contribution is 2.60. The fourth-order valence-electron chi connectivity index (χ4n) is 4.46. The summed E-state index contributed by atoms with van der Waals surface area (Å²) in [5.74, 6) is 0.399. The maximum absolute atomic E-state index is 12.1. The van der Waals surface area contributed by atoms with Gasteiger partial charge in [0.1, 0.15) is 12.4 Å². The molecule has 5 rings (SSSR count). The summed E-state index contributed by atoms with van der Waals surface area (Å²) in [5.41, 5.74) is -0.462. The Balaban J connectivity index is 1.15. The molecule has 0 unspecified atom stereocenters. The van der Waals surface area contributed by atoms with Crippen molar-refractivity contribution < 1.29 is 19.1 Å². The lowest BCUT2D eigenvalue weighted by molar-refractivity contribution is -0.158. The minimum atomic E-state index is -0.186. The van der Waals surface area contributed by atoms with Crippen LogP contribution in [0, 0.1) is 0 Å². The molecule has 4 aliphatic carbocycles. The quantitative estimate of drug-likeness (QED) is 0.713. The van der Waals surface area contributed by atoms with Gasteiger partial charge in [0.05, 0.1) is 5.60 Å². The maximum atomic E-state index is 12.1. The van der Waals surface area contributed by atoms with Crippen molar-refractivity contribution in [3.05, 3.63) is 29.3 Å². The van der Waals surface area contributed by atoms with E-state index in [4.69, 9.17) is 21.1 Å². The predicted octanol–water partition coefficient (Wildman–Crippen LogP) is 2.59. The molecular weight excluding hydrogens is 368 g/mol. The molecule has 0 saturated heterocycles. The van der Waals surface area contributed by atoms with Crippen molar-refractivity contribution in [1.82, 2.24) is 10.6 Å². The molecule has 0 radical (unpaired) electrons. The van der Waals surface area contributed by atoms with Crippen molar-refractivity contribution in [2.24, 2.45) is 0 Å². The van der Waals surface area contributed by atoms with Gasteiger partial charge in [-0.3, -0.25) is 9.59 Å². The number of hydrogen-bond donors (Lipinski definition) is 2. The van der Waals surface area contributed by atoms with Crippen LogP contribution in [0.25, 0.3) is 0 Å². The first-order valence-electron chi connectivity index (χ1n) is 9.44. The lowest BCUT2D eigenvalue weighted by Crippen LogP contribution is -2.84. The molecule has 4 aliphatic rings. The van der Waals surface area contributed by atoms with Crippen LogP contribution in [0.3, 0.4) is 0 Å². The van der Waals surface area contributed by atoms with E-state index in [0.29, 0.717) is 10.8 Å². The van der Waals surface area contributed by atoms with Crippen LogP contribution in [0.2, 0.25) is 5.02 Å². The van der Waals surface area contributed by atoms with E-state index in [0.717, 1.165) is 32.1 Å². The zero-order valence-corrected chi connectivity index (χ0v) is 16.2. The van der Waals surface area contributed by atoms with E-state index in [-0.39, 0.29) is 41.7 Å². The molecule has 2 bridgehead atoms. The van der Waals surface area contributed by atoms with Gasteiger partial charge in [-0.1, -0.05) is 11.6 Å².